The van der Waals surface area contributed by atoms with E-state index in [1.165, 1.54) is 53.9 Å². The fourth-order valence-electron chi connectivity index (χ4n) is 3.47. The number of rotatable bonds is 8. The third-order valence-corrected chi connectivity index (χ3v) is 7.16. The first-order chi connectivity index (χ1) is 14.8. The van der Waals surface area contributed by atoms with Gasteiger partial charge in [0.2, 0.25) is 10.0 Å². The molecule has 1 atom stereocenters. The lowest BCUT2D eigenvalue weighted by Gasteiger charge is -2.32. The Morgan fingerprint density at radius 2 is 1.87 bits per heavy atom. The van der Waals surface area contributed by atoms with E-state index < -0.39 is 16.0 Å². The van der Waals surface area contributed by atoms with Gasteiger partial charge in [0.05, 0.1) is 12.7 Å². The topological polar surface area (TPSA) is 82.1 Å². The average Bonchev–Trinajstić information content (AvgIpc) is 2.77. The van der Waals surface area contributed by atoms with E-state index in [-0.39, 0.29) is 41.3 Å². The van der Waals surface area contributed by atoms with Crippen molar-refractivity contribution in [1.29, 1.82) is 0 Å². The minimum atomic E-state index is -3.83. The maximum atomic E-state index is 13.2. The lowest BCUT2D eigenvalue weighted by atomic mass is 10.1. The van der Waals surface area contributed by atoms with Crippen molar-refractivity contribution in [3.05, 3.63) is 53.8 Å². The Morgan fingerprint density at radius 3 is 2.55 bits per heavy atom. The zero-order valence-corrected chi connectivity index (χ0v) is 18.4. The van der Waals surface area contributed by atoms with Gasteiger partial charge in [-0.05, 0) is 62.2 Å². The van der Waals surface area contributed by atoms with Gasteiger partial charge in [-0.2, -0.15) is 4.31 Å². The number of nitrogens with zero attached hydrogens (tertiary/aromatic N) is 1. The first kappa shape index (κ1) is 23.0. The second-order valence-corrected chi connectivity index (χ2v) is 9.12. The molecule has 0 aromatic heterocycles. The predicted octanol–water partition coefficient (Wildman–Crippen LogP) is 3.63. The highest BCUT2D eigenvalue weighted by Gasteiger charge is 2.33. The lowest BCUT2D eigenvalue weighted by Crippen LogP contribution is -2.42. The first-order valence-electron chi connectivity index (χ1n) is 10.1. The van der Waals surface area contributed by atoms with Gasteiger partial charge in [0, 0.05) is 12.6 Å². The molecule has 7 nitrogen and oxygen atoms in total. The molecule has 31 heavy (non-hydrogen) atoms. The summed E-state index contributed by atoms with van der Waals surface area (Å²) in [5.41, 5.74) is 0.103. The number of hydrogen-bond donors (Lipinski definition) is 0. The number of esters is 1. The zero-order valence-electron chi connectivity index (χ0n) is 17.5. The van der Waals surface area contributed by atoms with E-state index in [0.29, 0.717) is 12.3 Å². The molecule has 1 heterocycles. The molecule has 3 rings (SSSR count). The summed E-state index contributed by atoms with van der Waals surface area (Å²) in [4.78, 5) is 12.4. The molecule has 0 saturated carbocycles. The second-order valence-electron chi connectivity index (χ2n) is 7.26. The van der Waals surface area contributed by atoms with Gasteiger partial charge in [0.15, 0.2) is 0 Å². The van der Waals surface area contributed by atoms with E-state index >= 15 is 0 Å². The summed E-state index contributed by atoms with van der Waals surface area (Å²) in [6.07, 6.45) is 2.57. The van der Waals surface area contributed by atoms with Crippen LogP contribution in [0.2, 0.25) is 0 Å². The largest absolute Gasteiger partial charge is 0.495 e. The van der Waals surface area contributed by atoms with Crippen LogP contribution in [0.4, 0.5) is 4.39 Å². The van der Waals surface area contributed by atoms with Crippen LogP contribution < -0.4 is 9.47 Å². The molecule has 1 unspecified atom stereocenters. The van der Waals surface area contributed by atoms with Gasteiger partial charge in [-0.25, -0.2) is 17.6 Å². The number of carbonyl (C=O) groups is 1. The molecule has 0 radical (unpaired) electrons. The number of sulfonamides is 1. The molecule has 0 aliphatic carbocycles. The van der Waals surface area contributed by atoms with E-state index in [1.807, 2.05) is 6.92 Å². The fraction of sp³-hybridized carbons (Fsp3) is 0.409. The van der Waals surface area contributed by atoms with Gasteiger partial charge in [-0.1, -0.05) is 6.42 Å². The maximum absolute atomic E-state index is 13.2. The molecule has 0 N–H and O–H groups in total. The number of carbonyl (C=O) groups excluding carboxylic acids is 1. The normalized spacial score (nSPS) is 17.2. The highest BCUT2D eigenvalue weighted by molar-refractivity contribution is 7.89. The van der Waals surface area contributed by atoms with E-state index in [9.17, 15) is 17.6 Å². The summed E-state index contributed by atoms with van der Waals surface area (Å²) in [6.45, 7) is 2.34. The van der Waals surface area contributed by atoms with Crippen LogP contribution in [0.5, 0.6) is 11.5 Å². The van der Waals surface area contributed by atoms with Gasteiger partial charge < -0.3 is 14.2 Å². The quantitative estimate of drug-likeness (QED) is 0.450. The van der Waals surface area contributed by atoms with Crippen molar-refractivity contribution in [2.45, 2.75) is 37.1 Å². The Bertz CT molecular complexity index is 1010. The molecule has 1 aliphatic heterocycles. The number of halogens is 1. The van der Waals surface area contributed by atoms with Crippen molar-refractivity contribution in [3.8, 4) is 11.5 Å². The standard InChI is InChI=1S/C22H26FNO6S/c1-16-5-3-4-12-24(16)31(26,27)21-15-17(6-11-20(21)28-2)22(25)30-14-13-29-19-9-7-18(23)8-10-19/h6-11,15-16H,3-5,12-14H2,1-2H3. The third kappa shape index (κ3) is 5.54. The number of piperidine rings is 1. The fourth-order valence-corrected chi connectivity index (χ4v) is 5.35. The molecule has 2 aromatic carbocycles. The molecule has 1 fully saturated rings. The molecule has 0 amide bonds. The first-order valence-corrected chi connectivity index (χ1v) is 11.5. The van der Waals surface area contributed by atoms with Crippen molar-refractivity contribution in [1.82, 2.24) is 4.31 Å². The number of methoxy groups -OCH3 is 1. The third-order valence-electron chi connectivity index (χ3n) is 5.13. The molecule has 9 heteroatoms. The number of benzene rings is 2. The van der Waals surface area contributed by atoms with Crippen molar-refractivity contribution < 1.29 is 31.8 Å². The number of hydrogen-bond acceptors (Lipinski definition) is 6. The van der Waals surface area contributed by atoms with Gasteiger partial charge >= 0.3 is 5.97 Å². The molecule has 2 aromatic rings. The van der Waals surface area contributed by atoms with Gasteiger partial charge in [-0.15, -0.1) is 0 Å². The molecule has 1 aliphatic rings. The highest BCUT2D eigenvalue weighted by atomic mass is 32.2. The Hall–Kier alpha value is -2.65. The Labute approximate surface area is 181 Å². The lowest BCUT2D eigenvalue weighted by molar-refractivity contribution is 0.0450. The van der Waals surface area contributed by atoms with Gasteiger partial charge in [0.25, 0.3) is 0 Å². The van der Waals surface area contributed by atoms with Crippen LogP contribution in [0, 0.1) is 5.82 Å². The molecule has 0 bridgehead atoms. The van der Waals surface area contributed by atoms with Crippen LogP contribution in [0.25, 0.3) is 0 Å². The molecular formula is C22H26FNO6S. The Balaban J connectivity index is 1.69. The van der Waals surface area contributed by atoms with Crippen molar-refractivity contribution in [2.75, 3.05) is 26.9 Å². The monoisotopic (exact) mass is 451 g/mol. The van der Waals surface area contributed by atoms with Crippen LogP contribution in [0.15, 0.2) is 47.4 Å². The maximum Gasteiger partial charge on any atom is 0.338 e. The van der Waals surface area contributed by atoms with Crippen LogP contribution in [0.3, 0.4) is 0 Å². The molecule has 168 valence electrons. The van der Waals surface area contributed by atoms with Crippen LogP contribution >= 0.6 is 0 Å². The minimum absolute atomic E-state index is 0.0481. The van der Waals surface area contributed by atoms with Crippen molar-refractivity contribution >= 4 is 16.0 Å². The predicted molar refractivity (Wildman–Crippen MR) is 112 cm³/mol. The summed E-state index contributed by atoms with van der Waals surface area (Å²) in [6, 6.07) is 9.56. The van der Waals surface area contributed by atoms with E-state index in [2.05, 4.69) is 0 Å². The Morgan fingerprint density at radius 1 is 1.13 bits per heavy atom. The summed E-state index contributed by atoms with van der Waals surface area (Å²) in [5, 5.41) is 0. The second kappa shape index (κ2) is 10.1. The summed E-state index contributed by atoms with van der Waals surface area (Å²) < 4.78 is 56.7. The van der Waals surface area contributed by atoms with Gasteiger partial charge in [-0.3, -0.25) is 0 Å². The molecular weight excluding hydrogens is 425 g/mol. The zero-order chi connectivity index (χ0) is 22.4. The Kier molecular flexibility index (Phi) is 7.50. The smallest absolute Gasteiger partial charge is 0.338 e. The SMILES string of the molecule is COc1ccc(C(=O)OCCOc2ccc(F)cc2)cc1S(=O)(=O)N1CCCCC1C. The van der Waals surface area contributed by atoms with Gasteiger partial charge in [0.1, 0.15) is 35.4 Å². The van der Waals surface area contributed by atoms with E-state index in [4.69, 9.17) is 14.2 Å². The van der Waals surface area contributed by atoms with Crippen molar-refractivity contribution in [2.24, 2.45) is 0 Å². The summed E-state index contributed by atoms with van der Waals surface area (Å²) >= 11 is 0. The van der Waals surface area contributed by atoms with Crippen LogP contribution in [-0.4, -0.2) is 51.6 Å². The number of ether oxygens (including phenoxy) is 3. The summed E-state index contributed by atoms with van der Waals surface area (Å²) in [7, 11) is -2.44. The van der Waals surface area contributed by atoms with Crippen molar-refractivity contribution in [3.63, 3.8) is 0 Å². The highest BCUT2D eigenvalue weighted by Crippen LogP contribution is 2.31. The minimum Gasteiger partial charge on any atom is -0.495 e. The van der Waals surface area contributed by atoms with E-state index in [0.717, 1.165) is 19.3 Å². The van der Waals surface area contributed by atoms with Crippen LogP contribution in [-0.2, 0) is 14.8 Å². The summed E-state index contributed by atoms with van der Waals surface area (Å²) in [5.74, 6) is -0.420. The van der Waals surface area contributed by atoms with Crippen LogP contribution in [0.1, 0.15) is 36.5 Å². The average molecular weight is 452 g/mol. The van der Waals surface area contributed by atoms with E-state index in [1.54, 1.807) is 0 Å². The molecule has 0 spiro atoms. The molecule has 1 saturated heterocycles.